The van der Waals surface area contributed by atoms with Crippen molar-refractivity contribution in [3.63, 3.8) is 0 Å². The largest absolute Gasteiger partial charge is 0.281 e. The Kier molecular flexibility index (Phi) is 5.08. The molecule has 0 spiro atoms. The molecule has 0 unspecified atom stereocenters. The Morgan fingerprint density at radius 3 is 2.35 bits per heavy atom. The first kappa shape index (κ1) is 17.3. The van der Waals surface area contributed by atoms with Gasteiger partial charge in [0.05, 0.1) is 6.04 Å². The molecule has 0 N–H and O–H groups in total. The average Bonchev–Trinajstić information content (AvgIpc) is 2.71. The lowest BCUT2D eigenvalue weighted by Gasteiger charge is -2.47. The molecular formula is C25H29N. The Bertz CT molecular complexity index is 801. The Hall–Kier alpha value is -2.12. The summed E-state index contributed by atoms with van der Waals surface area (Å²) in [4.78, 5) is 2.77. The summed E-state index contributed by atoms with van der Waals surface area (Å²) in [6, 6.07) is 23.0. The monoisotopic (exact) mass is 343 g/mol. The van der Waals surface area contributed by atoms with Gasteiger partial charge in [-0.25, -0.2) is 0 Å². The maximum atomic E-state index is 2.77. The van der Waals surface area contributed by atoms with E-state index in [2.05, 4.69) is 85.5 Å². The van der Waals surface area contributed by atoms with Gasteiger partial charge in [-0.1, -0.05) is 73.2 Å². The van der Waals surface area contributed by atoms with Crippen molar-refractivity contribution in [1.82, 2.24) is 4.90 Å². The molecule has 1 aliphatic carbocycles. The summed E-state index contributed by atoms with van der Waals surface area (Å²) in [5.74, 6) is 0. The molecule has 1 saturated carbocycles. The summed E-state index contributed by atoms with van der Waals surface area (Å²) in [5, 5.41) is 0. The molecular weight excluding hydrogens is 314 g/mol. The summed E-state index contributed by atoms with van der Waals surface area (Å²) < 4.78 is 0. The van der Waals surface area contributed by atoms with Gasteiger partial charge in [-0.05, 0) is 61.0 Å². The quantitative estimate of drug-likeness (QED) is 0.619. The highest BCUT2D eigenvalue weighted by Crippen LogP contribution is 2.46. The van der Waals surface area contributed by atoms with E-state index in [0.29, 0.717) is 12.1 Å². The lowest BCUT2D eigenvalue weighted by molar-refractivity contribution is 0.134. The van der Waals surface area contributed by atoms with Crippen LogP contribution in [0, 0.1) is 0 Å². The van der Waals surface area contributed by atoms with Crippen LogP contribution in [0.4, 0.5) is 0 Å². The van der Waals surface area contributed by atoms with E-state index in [1.54, 1.807) is 11.1 Å². The maximum Gasteiger partial charge on any atom is 0.0609 e. The first-order chi connectivity index (χ1) is 12.8. The highest BCUT2D eigenvalue weighted by Gasteiger charge is 2.38. The van der Waals surface area contributed by atoms with Crippen LogP contribution in [0.3, 0.4) is 0 Å². The molecule has 134 valence electrons. The Morgan fingerprint density at radius 1 is 0.962 bits per heavy atom. The van der Waals surface area contributed by atoms with Gasteiger partial charge in [0.1, 0.15) is 0 Å². The molecule has 0 saturated heterocycles. The van der Waals surface area contributed by atoms with Crippen LogP contribution in [0.15, 0.2) is 83.5 Å². The van der Waals surface area contributed by atoms with Crippen molar-refractivity contribution in [2.24, 2.45) is 0 Å². The molecule has 0 aromatic heterocycles. The van der Waals surface area contributed by atoms with Crippen molar-refractivity contribution < 1.29 is 0 Å². The predicted octanol–water partition coefficient (Wildman–Crippen LogP) is 6.45. The first-order valence-electron chi connectivity index (χ1n) is 10.0. The minimum atomic E-state index is 0.355. The predicted molar refractivity (Wildman–Crippen MR) is 110 cm³/mol. The molecule has 0 bridgehead atoms. The van der Waals surface area contributed by atoms with E-state index in [9.17, 15) is 0 Å². The van der Waals surface area contributed by atoms with Crippen molar-refractivity contribution in [1.29, 1.82) is 0 Å². The molecule has 2 atom stereocenters. The van der Waals surface area contributed by atoms with E-state index in [0.717, 1.165) is 6.54 Å². The highest BCUT2D eigenvalue weighted by atomic mass is 15.2. The van der Waals surface area contributed by atoms with Gasteiger partial charge in [0, 0.05) is 12.6 Å². The molecule has 2 aliphatic rings. The van der Waals surface area contributed by atoms with Gasteiger partial charge in [-0.15, -0.1) is 0 Å². The van der Waals surface area contributed by atoms with Crippen LogP contribution in [0.5, 0.6) is 0 Å². The molecule has 1 nitrogen and oxygen atoms in total. The molecule has 1 heteroatoms. The van der Waals surface area contributed by atoms with Crippen LogP contribution in [0.1, 0.15) is 56.7 Å². The standard InChI is InChI=1S/C25H29N/c1-3-22-19(2)23-16-10-11-17-24(23)26(18-20-12-6-4-7-13-20)25(22)21-14-8-5-9-15-21/h3-9,12-15,24-25H,10-11,16-18H2,1-2H3/b22-3+/t24-,25+/m1/s1. The molecule has 2 aromatic rings. The van der Waals surface area contributed by atoms with Crippen molar-refractivity contribution in [2.75, 3.05) is 0 Å². The fraction of sp³-hybridized carbons (Fsp3) is 0.360. The van der Waals surface area contributed by atoms with Crippen LogP contribution in [0.2, 0.25) is 0 Å². The fourth-order valence-corrected chi connectivity index (χ4v) is 4.92. The zero-order chi connectivity index (χ0) is 17.9. The number of hydrogen-bond donors (Lipinski definition) is 0. The Balaban J connectivity index is 1.82. The molecule has 2 aromatic carbocycles. The first-order valence-corrected chi connectivity index (χ1v) is 10.0. The average molecular weight is 344 g/mol. The number of benzene rings is 2. The zero-order valence-electron chi connectivity index (χ0n) is 16.0. The molecule has 1 aliphatic heterocycles. The van der Waals surface area contributed by atoms with Gasteiger partial charge in [0.2, 0.25) is 0 Å². The molecule has 0 radical (unpaired) electrons. The van der Waals surface area contributed by atoms with Gasteiger partial charge in [-0.2, -0.15) is 0 Å². The van der Waals surface area contributed by atoms with Gasteiger partial charge in [0.15, 0.2) is 0 Å². The third-order valence-corrected chi connectivity index (χ3v) is 6.15. The van der Waals surface area contributed by atoms with Gasteiger partial charge >= 0.3 is 0 Å². The minimum Gasteiger partial charge on any atom is -0.281 e. The van der Waals surface area contributed by atoms with E-state index in [-0.39, 0.29) is 0 Å². The van der Waals surface area contributed by atoms with Crippen molar-refractivity contribution in [3.05, 3.63) is 94.6 Å². The van der Waals surface area contributed by atoms with Gasteiger partial charge < -0.3 is 0 Å². The van der Waals surface area contributed by atoms with Gasteiger partial charge in [-0.3, -0.25) is 4.90 Å². The van der Waals surface area contributed by atoms with Crippen LogP contribution < -0.4 is 0 Å². The summed E-state index contributed by atoms with van der Waals surface area (Å²) in [6.45, 7) is 5.58. The molecule has 1 heterocycles. The molecule has 26 heavy (non-hydrogen) atoms. The third-order valence-electron chi connectivity index (χ3n) is 6.15. The number of fused-ring (bicyclic) bond motifs is 1. The summed E-state index contributed by atoms with van der Waals surface area (Å²) in [6.07, 6.45) is 7.60. The summed E-state index contributed by atoms with van der Waals surface area (Å²) in [5.41, 5.74) is 7.57. The van der Waals surface area contributed by atoms with E-state index in [1.165, 1.54) is 42.4 Å². The number of rotatable bonds is 3. The topological polar surface area (TPSA) is 3.24 Å². The minimum absolute atomic E-state index is 0.355. The van der Waals surface area contributed by atoms with Crippen LogP contribution >= 0.6 is 0 Å². The maximum absolute atomic E-state index is 2.77. The second kappa shape index (κ2) is 7.63. The molecule has 0 amide bonds. The van der Waals surface area contributed by atoms with E-state index in [1.807, 2.05) is 0 Å². The summed E-state index contributed by atoms with van der Waals surface area (Å²) in [7, 11) is 0. The number of allylic oxidation sites excluding steroid dienone is 1. The lowest BCUT2D eigenvalue weighted by Crippen LogP contribution is -2.45. The molecule has 4 rings (SSSR count). The normalized spacial score (nSPS) is 25.4. The number of hydrogen-bond acceptors (Lipinski definition) is 1. The lowest BCUT2D eigenvalue weighted by atomic mass is 9.76. The SMILES string of the molecule is C/C=C1\C(C)=C2CCCC[C@H]2N(Cc2ccccc2)[C@H]1c1ccccc1. The van der Waals surface area contributed by atoms with E-state index in [4.69, 9.17) is 0 Å². The third kappa shape index (κ3) is 3.17. The second-order valence-electron chi connectivity index (χ2n) is 7.63. The van der Waals surface area contributed by atoms with Crippen LogP contribution in [-0.4, -0.2) is 10.9 Å². The van der Waals surface area contributed by atoms with Crippen molar-refractivity contribution in [3.8, 4) is 0 Å². The number of nitrogens with zero attached hydrogens (tertiary/aromatic N) is 1. The second-order valence-corrected chi connectivity index (χ2v) is 7.63. The zero-order valence-corrected chi connectivity index (χ0v) is 16.0. The van der Waals surface area contributed by atoms with Gasteiger partial charge in [0.25, 0.3) is 0 Å². The van der Waals surface area contributed by atoms with Crippen molar-refractivity contribution >= 4 is 0 Å². The van der Waals surface area contributed by atoms with Crippen LogP contribution in [-0.2, 0) is 6.54 Å². The van der Waals surface area contributed by atoms with Crippen molar-refractivity contribution in [2.45, 2.75) is 58.2 Å². The summed E-state index contributed by atoms with van der Waals surface area (Å²) >= 11 is 0. The highest BCUT2D eigenvalue weighted by molar-refractivity contribution is 5.47. The Labute approximate surface area is 158 Å². The van der Waals surface area contributed by atoms with E-state index >= 15 is 0 Å². The van der Waals surface area contributed by atoms with E-state index < -0.39 is 0 Å². The Morgan fingerprint density at radius 2 is 1.65 bits per heavy atom. The molecule has 1 fully saturated rings. The smallest absolute Gasteiger partial charge is 0.0609 e. The van der Waals surface area contributed by atoms with Crippen LogP contribution in [0.25, 0.3) is 0 Å². The fourth-order valence-electron chi connectivity index (χ4n) is 4.92.